The number of nitrogens with one attached hydrogen (secondary N) is 1. The first kappa shape index (κ1) is 28.8. The normalized spacial score (nSPS) is 13.2. The van der Waals surface area contributed by atoms with Crippen molar-refractivity contribution in [1.82, 2.24) is 39.7 Å². The summed E-state index contributed by atoms with van der Waals surface area (Å²) in [7, 11) is -1.32. The van der Waals surface area contributed by atoms with Gasteiger partial charge in [0.15, 0.2) is 11.5 Å². The van der Waals surface area contributed by atoms with Crippen molar-refractivity contribution in [3.05, 3.63) is 54.1 Å². The second-order valence-electron chi connectivity index (χ2n) is 9.21. The lowest BCUT2D eigenvalue weighted by Crippen LogP contribution is -2.34. The molecule has 4 rings (SSSR count). The van der Waals surface area contributed by atoms with Gasteiger partial charge >= 0.3 is 0 Å². The van der Waals surface area contributed by atoms with E-state index in [1.807, 2.05) is 26.8 Å². The van der Waals surface area contributed by atoms with Crippen LogP contribution in [0.1, 0.15) is 43.8 Å². The minimum atomic E-state index is -4.17. The molecule has 15 heteroatoms. The predicted octanol–water partition coefficient (Wildman–Crippen LogP) is 2.84. The molecule has 0 aliphatic heterocycles. The molecule has 0 aliphatic rings. The van der Waals surface area contributed by atoms with Gasteiger partial charge in [0.25, 0.3) is 0 Å². The fraction of sp³-hybridized carbons (Fsp3) is 0.400. The van der Waals surface area contributed by atoms with E-state index in [0.29, 0.717) is 17.0 Å². The van der Waals surface area contributed by atoms with Crippen molar-refractivity contribution in [3.63, 3.8) is 0 Å². The van der Waals surface area contributed by atoms with E-state index in [2.05, 4.69) is 39.8 Å². The molecule has 0 amide bonds. The van der Waals surface area contributed by atoms with Crippen molar-refractivity contribution in [3.8, 4) is 28.8 Å². The second-order valence-corrected chi connectivity index (χ2v) is 11.3. The van der Waals surface area contributed by atoms with Crippen LogP contribution in [0, 0.1) is 13.8 Å². The number of nitrogens with zero attached hydrogens (tertiary/aromatic N) is 8. The van der Waals surface area contributed by atoms with Crippen molar-refractivity contribution < 1.29 is 22.6 Å². The van der Waals surface area contributed by atoms with Gasteiger partial charge in [-0.05, 0) is 46.2 Å². The lowest BCUT2D eigenvalue weighted by atomic mass is 10.2. The summed E-state index contributed by atoms with van der Waals surface area (Å²) in [5, 5.41) is 7.35. The molecule has 0 bridgehead atoms. The Balaban J connectivity index is 1.85. The van der Waals surface area contributed by atoms with Gasteiger partial charge in [0.1, 0.15) is 17.7 Å². The predicted molar refractivity (Wildman–Crippen MR) is 146 cm³/mol. The van der Waals surface area contributed by atoms with Crippen molar-refractivity contribution >= 4 is 16.0 Å². The molecule has 2 atom stereocenters. The second kappa shape index (κ2) is 11.9. The largest absolute Gasteiger partial charge is 0.479 e. The van der Waals surface area contributed by atoms with E-state index in [1.54, 1.807) is 25.5 Å². The van der Waals surface area contributed by atoms with Crippen LogP contribution in [0.15, 0.2) is 37.2 Å². The van der Waals surface area contributed by atoms with Gasteiger partial charge < -0.3 is 14.2 Å². The number of methoxy groups -OCH3 is 2. The Morgan fingerprint density at radius 1 is 0.900 bits per heavy atom. The monoisotopic (exact) mass is 569 g/mol. The number of anilines is 1. The zero-order valence-corrected chi connectivity index (χ0v) is 24.0. The first-order valence-corrected chi connectivity index (χ1v) is 13.9. The van der Waals surface area contributed by atoms with Gasteiger partial charge in [-0.3, -0.25) is 24.2 Å². The Hall–Kier alpha value is -4.24. The molecule has 0 spiro atoms. The molecule has 0 saturated heterocycles. The Bertz CT molecular complexity index is 1550. The summed E-state index contributed by atoms with van der Waals surface area (Å²) in [6.45, 7) is 8.82. The number of sulfonamides is 1. The van der Waals surface area contributed by atoms with Crippen LogP contribution in [-0.2, 0) is 14.8 Å². The summed E-state index contributed by atoms with van der Waals surface area (Å²) in [6.07, 6.45) is 6.39. The van der Waals surface area contributed by atoms with E-state index in [0.717, 1.165) is 5.56 Å². The Labute approximate surface area is 232 Å². The summed E-state index contributed by atoms with van der Waals surface area (Å²) < 4.78 is 48.6. The molecule has 14 nitrogen and oxygen atoms in total. The maximum Gasteiger partial charge on any atom is 0.245 e. The van der Waals surface area contributed by atoms with Gasteiger partial charge in [-0.1, -0.05) is 0 Å². The molecule has 0 saturated carbocycles. The van der Waals surface area contributed by atoms with Crippen molar-refractivity contribution in [1.29, 1.82) is 0 Å². The minimum Gasteiger partial charge on any atom is -0.479 e. The summed E-state index contributed by atoms with van der Waals surface area (Å²) in [6, 6.07) is 1.83. The first-order valence-electron chi connectivity index (χ1n) is 12.3. The van der Waals surface area contributed by atoms with E-state index in [9.17, 15) is 8.42 Å². The van der Waals surface area contributed by atoms with Gasteiger partial charge in [0.05, 0.1) is 37.9 Å². The Morgan fingerprint density at radius 2 is 1.60 bits per heavy atom. The third-order valence-electron chi connectivity index (χ3n) is 5.82. The number of aromatic nitrogens is 8. The average Bonchev–Trinajstić information content (AvgIpc) is 3.33. The maximum absolute atomic E-state index is 13.8. The van der Waals surface area contributed by atoms with Crippen LogP contribution in [0.2, 0.25) is 0 Å². The van der Waals surface area contributed by atoms with Gasteiger partial charge in [-0.25, -0.2) is 8.42 Å². The highest BCUT2D eigenvalue weighted by atomic mass is 32.2. The van der Waals surface area contributed by atoms with Crippen LogP contribution in [0.4, 0.5) is 5.95 Å². The van der Waals surface area contributed by atoms with Crippen LogP contribution in [0.25, 0.3) is 17.1 Å². The molecule has 4 aromatic heterocycles. The molecular formula is C25H31N9O5S. The average molecular weight is 570 g/mol. The molecule has 212 valence electrons. The Morgan fingerprint density at radius 3 is 2.17 bits per heavy atom. The smallest absolute Gasteiger partial charge is 0.245 e. The lowest BCUT2D eigenvalue weighted by molar-refractivity contribution is 0.00394. The van der Waals surface area contributed by atoms with Crippen molar-refractivity contribution in [2.45, 2.75) is 52.1 Å². The number of pyridine rings is 1. The summed E-state index contributed by atoms with van der Waals surface area (Å²) >= 11 is 0. The topological polar surface area (TPSA) is 169 Å². The Kier molecular flexibility index (Phi) is 8.54. The number of hydrogen-bond acceptors (Lipinski definition) is 12. The summed E-state index contributed by atoms with van der Waals surface area (Å²) in [5.41, 5.74) is 2.69. The van der Waals surface area contributed by atoms with Gasteiger partial charge in [-0.15, -0.1) is 10.2 Å². The quantitative estimate of drug-likeness (QED) is 0.281. The standard InChI is InChI=1S/C25H31N9O5S/c1-14(2)39-21(19-12-27-16(4)10-28-19)17(5)40(35,36)33-25-32-31-22(18-8-15(3)9-26-11-18)34(25)20-23(37-6)29-13-30-24(20)38-7/h8-14,17,21H,1-7H3,(H,32,33)/t17-,21+/m0/s1. The van der Waals surface area contributed by atoms with Gasteiger partial charge in [0.2, 0.25) is 27.7 Å². The van der Waals surface area contributed by atoms with Crippen LogP contribution in [-0.4, -0.2) is 73.7 Å². The van der Waals surface area contributed by atoms with E-state index in [4.69, 9.17) is 14.2 Å². The first-order chi connectivity index (χ1) is 19.1. The zero-order chi connectivity index (χ0) is 29.0. The van der Waals surface area contributed by atoms with Crippen LogP contribution in [0.3, 0.4) is 0 Å². The third-order valence-corrected chi connectivity index (χ3v) is 7.52. The molecule has 0 unspecified atom stereocenters. The van der Waals surface area contributed by atoms with Crippen LogP contribution >= 0.6 is 0 Å². The van der Waals surface area contributed by atoms with E-state index in [1.165, 1.54) is 38.2 Å². The highest BCUT2D eigenvalue weighted by Gasteiger charge is 2.36. The summed E-state index contributed by atoms with van der Waals surface area (Å²) in [5.74, 6) is 0.330. The van der Waals surface area contributed by atoms with E-state index < -0.39 is 21.4 Å². The van der Waals surface area contributed by atoms with Crippen LogP contribution in [0.5, 0.6) is 11.8 Å². The molecular weight excluding hydrogens is 538 g/mol. The fourth-order valence-electron chi connectivity index (χ4n) is 3.91. The van der Waals surface area contributed by atoms with Gasteiger partial charge in [-0.2, -0.15) is 9.97 Å². The molecule has 1 N–H and O–H groups in total. The maximum atomic E-state index is 13.8. The van der Waals surface area contributed by atoms with E-state index >= 15 is 0 Å². The lowest BCUT2D eigenvalue weighted by Gasteiger charge is -2.26. The van der Waals surface area contributed by atoms with Crippen LogP contribution < -0.4 is 14.2 Å². The van der Waals surface area contributed by atoms with Gasteiger partial charge in [0, 0.05) is 24.2 Å². The molecule has 0 radical (unpaired) electrons. The number of ether oxygens (including phenoxy) is 3. The molecule has 4 aromatic rings. The third kappa shape index (κ3) is 5.99. The highest BCUT2D eigenvalue weighted by molar-refractivity contribution is 7.93. The number of hydrogen-bond donors (Lipinski definition) is 1. The van der Waals surface area contributed by atoms with E-state index in [-0.39, 0.29) is 35.3 Å². The molecule has 40 heavy (non-hydrogen) atoms. The van der Waals surface area contributed by atoms with Crippen molar-refractivity contribution in [2.75, 3.05) is 18.9 Å². The number of aryl methyl sites for hydroxylation is 2. The van der Waals surface area contributed by atoms with Crippen molar-refractivity contribution in [2.24, 2.45) is 0 Å². The molecule has 4 heterocycles. The summed E-state index contributed by atoms with van der Waals surface area (Å²) in [4.78, 5) is 21.2. The highest BCUT2D eigenvalue weighted by Crippen LogP contribution is 2.36. The SMILES string of the molecule is COc1ncnc(OC)c1-n1c(NS(=O)(=O)[C@@H](C)[C@@H](OC(C)C)c2cnc(C)cn2)nnc1-c1cncc(C)c1. The zero-order valence-electron chi connectivity index (χ0n) is 23.2. The fourth-order valence-corrected chi connectivity index (χ4v) is 5.01. The minimum absolute atomic E-state index is 0.109. The number of rotatable bonds is 11. The molecule has 0 aliphatic carbocycles. The molecule has 0 aromatic carbocycles. The molecule has 0 fully saturated rings.